The number of hydrogen-bond acceptors (Lipinski definition) is 2. The Labute approximate surface area is 298 Å². The van der Waals surface area contributed by atoms with Gasteiger partial charge in [-0.25, -0.2) is 0 Å². The summed E-state index contributed by atoms with van der Waals surface area (Å²) in [5.41, 5.74) is 8.30. The smallest absolute Gasteiger partial charge is 0.0786 e. The molecule has 9 aromatic carbocycles. The maximum Gasteiger partial charge on any atom is 0.0786 e. The van der Waals surface area contributed by atoms with Crippen LogP contribution in [0, 0.1) is 0 Å². The van der Waals surface area contributed by atoms with E-state index in [0.29, 0.717) is 0 Å². The van der Waals surface area contributed by atoms with Crippen LogP contribution in [0.3, 0.4) is 0 Å². The zero-order chi connectivity index (χ0) is 33.5. The Morgan fingerprint density at radius 2 is 0.941 bits per heavy atom. The molecule has 0 amide bonds. The van der Waals surface area contributed by atoms with Gasteiger partial charge in [-0.1, -0.05) is 133 Å². The third-order valence-electron chi connectivity index (χ3n) is 10.7. The highest BCUT2D eigenvalue weighted by Gasteiger charge is 2.16. The van der Waals surface area contributed by atoms with E-state index in [1.807, 2.05) is 23.6 Å². The van der Waals surface area contributed by atoms with E-state index < -0.39 is 0 Å². The number of nitrogens with zero attached hydrogens (tertiary/aromatic N) is 1. The van der Waals surface area contributed by atoms with Crippen molar-refractivity contribution in [2.75, 3.05) is 0 Å². The molecule has 0 aliphatic carbocycles. The van der Waals surface area contributed by atoms with Crippen molar-refractivity contribution < 1.29 is 0 Å². The number of hydrogen-bond donors (Lipinski definition) is 0. The number of thiophene rings is 1. The van der Waals surface area contributed by atoms with Crippen LogP contribution in [-0.4, -0.2) is 4.98 Å². The summed E-state index contributed by atoms with van der Waals surface area (Å²) in [6.45, 7) is 0. The van der Waals surface area contributed by atoms with Gasteiger partial charge in [0.2, 0.25) is 0 Å². The lowest BCUT2D eigenvalue weighted by Gasteiger charge is -2.16. The van der Waals surface area contributed by atoms with Gasteiger partial charge in [-0.2, -0.15) is 0 Å². The fourth-order valence-electron chi connectivity index (χ4n) is 8.32. The predicted molar refractivity (Wildman–Crippen MR) is 221 cm³/mol. The lowest BCUT2D eigenvalue weighted by atomic mass is 9.88. The van der Waals surface area contributed by atoms with Crippen molar-refractivity contribution in [1.82, 2.24) is 4.98 Å². The van der Waals surface area contributed by atoms with Gasteiger partial charge in [-0.3, -0.25) is 4.98 Å². The predicted octanol–water partition coefficient (Wildman–Crippen LogP) is 14.2. The molecule has 11 aromatic rings. The molecule has 0 saturated heterocycles. The van der Waals surface area contributed by atoms with Gasteiger partial charge < -0.3 is 0 Å². The van der Waals surface area contributed by atoms with Gasteiger partial charge in [-0.15, -0.1) is 11.3 Å². The topological polar surface area (TPSA) is 12.9 Å². The fraction of sp³-hybridized carbons (Fsp3) is 0. The number of pyridine rings is 1. The second-order valence-electron chi connectivity index (χ2n) is 13.5. The van der Waals surface area contributed by atoms with Crippen molar-refractivity contribution in [2.24, 2.45) is 0 Å². The van der Waals surface area contributed by atoms with Gasteiger partial charge in [-0.05, 0) is 107 Å². The Morgan fingerprint density at radius 1 is 0.353 bits per heavy atom. The molecule has 0 aliphatic heterocycles. The second kappa shape index (κ2) is 11.1. The molecular formula is C49H29NS. The summed E-state index contributed by atoms with van der Waals surface area (Å²) < 4.78 is 2.64. The normalized spacial score (nSPS) is 11.9. The van der Waals surface area contributed by atoms with E-state index >= 15 is 0 Å². The van der Waals surface area contributed by atoms with Crippen LogP contribution in [0.2, 0.25) is 0 Å². The van der Waals surface area contributed by atoms with Crippen molar-refractivity contribution in [3.05, 3.63) is 176 Å². The zero-order valence-electron chi connectivity index (χ0n) is 27.6. The average molecular weight is 664 g/mol. The van der Waals surface area contributed by atoms with Crippen molar-refractivity contribution >= 4 is 85.5 Å². The first-order chi connectivity index (χ1) is 25.3. The summed E-state index contributed by atoms with van der Waals surface area (Å²) in [5.74, 6) is 0. The molecule has 51 heavy (non-hydrogen) atoms. The van der Waals surface area contributed by atoms with E-state index in [9.17, 15) is 0 Å². The minimum atomic E-state index is 1.04. The number of fused-ring (bicyclic) bond motifs is 12. The molecule has 0 aliphatic rings. The molecule has 2 heterocycles. The molecule has 2 heteroatoms. The molecule has 11 rings (SSSR count). The van der Waals surface area contributed by atoms with Gasteiger partial charge in [0.15, 0.2) is 0 Å². The quantitative estimate of drug-likeness (QED) is 0.171. The summed E-state index contributed by atoms with van der Waals surface area (Å²) in [7, 11) is 0. The highest BCUT2D eigenvalue weighted by atomic mass is 32.1. The molecule has 236 valence electrons. The van der Waals surface area contributed by atoms with Crippen LogP contribution in [0.25, 0.3) is 108 Å². The SMILES string of the molecule is c1cnc2c(c1)ccc1cccc(-c3cc(-c4ccc5c6ccccc6c6ccccc6c5c4)cc(-c4cccc5c4sc4ccccc45)c3)c12. The first-order valence-electron chi connectivity index (χ1n) is 17.4. The summed E-state index contributed by atoms with van der Waals surface area (Å²) in [6, 6.07) is 62.6. The zero-order valence-corrected chi connectivity index (χ0v) is 28.4. The molecule has 0 N–H and O–H groups in total. The Morgan fingerprint density at radius 3 is 1.75 bits per heavy atom. The van der Waals surface area contributed by atoms with E-state index in [2.05, 4.69) is 164 Å². The van der Waals surface area contributed by atoms with Gasteiger partial charge in [0, 0.05) is 37.1 Å². The number of aromatic nitrogens is 1. The molecular weight excluding hydrogens is 635 g/mol. The third kappa shape index (κ3) is 4.37. The molecule has 0 unspecified atom stereocenters. The summed E-state index contributed by atoms with van der Waals surface area (Å²) in [4.78, 5) is 4.91. The Balaban J connectivity index is 1.22. The van der Waals surface area contributed by atoms with Gasteiger partial charge in [0.05, 0.1) is 5.52 Å². The van der Waals surface area contributed by atoms with Crippen LogP contribution in [0.5, 0.6) is 0 Å². The van der Waals surface area contributed by atoms with Crippen LogP contribution < -0.4 is 0 Å². The number of rotatable bonds is 3. The highest BCUT2D eigenvalue weighted by Crippen LogP contribution is 2.44. The summed E-state index contributed by atoms with van der Waals surface area (Å²) >= 11 is 1.89. The first kappa shape index (κ1) is 28.5. The van der Waals surface area contributed by atoms with Gasteiger partial charge >= 0.3 is 0 Å². The van der Waals surface area contributed by atoms with E-state index in [1.54, 1.807) is 0 Å². The summed E-state index contributed by atoms with van der Waals surface area (Å²) in [5, 5.41) is 13.9. The van der Waals surface area contributed by atoms with Crippen LogP contribution in [0.15, 0.2) is 176 Å². The fourth-order valence-corrected chi connectivity index (χ4v) is 9.56. The largest absolute Gasteiger partial charge is 0.256 e. The van der Waals surface area contributed by atoms with Crippen molar-refractivity contribution in [2.45, 2.75) is 0 Å². The third-order valence-corrected chi connectivity index (χ3v) is 11.9. The van der Waals surface area contributed by atoms with Crippen molar-refractivity contribution in [3.8, 4) is 33.4 Å². The Hall–Kier alpha value is -6.35. The highest BCUT2D eigenvalue weighted by molar-refractivity contribution is 7.26. The van der Waals surface area contributed by atoms with Crippen molar-refractivity contribution in [1.29, 1.82) is 0 Å². The average Bonchev–Trinajstić information content (AvgIpc) is 3.59. The van der Waals surface area contributed by atoms with E-state index in [0.717, 1.165) is 10.9 Å². The van der Waals surface area contributed by atoms with Crippen LogP contribution >= 0.6 is 11.3 Å². The molecule has 0 fully saturated rings. The van der Waals surface area contributed by atoms with E-state index in [4.69, 9.17) is 4.98 Å². The molecule has 0 spiro atoms. The molecule has 0 saturated carbocycles. The molecule has 2 aromatic heterocycles. The molecule has 1 nitrogen and oxygen atoms in total. The Bertz CT molecular complexity index is 3170. The lowest BCUT2D eigenvalue weighted by molar-refractivity contribution is 1.43. The Kier molecular flexibility index (Phi) is 6.19. The minimum Gasteiger partial charge on any atom is -0.256 e. The van der Waals surface area contributed by atoms with Crippen LogP contribution in [-0.2, 0) is 0 Å². The maximum atomic E-state index is 4.91. The first-order valence-corrected chi connectivity index (χ1v) is 18.3. The monoisotopic (exact) mass is 663 g/mol. The van der Waals surface area contributed by atoms with Crippen LogP contribution in [0.1, 0.15) is 0 Å². The van der Waals surface area contributed by atoms with E-state index in [-0.39, 0.29) is 0 Å². The molecule has 0 atom stereocenters. The lowest BCUT2D eigenvalue weighted by Crippen LogP contribution is -1.90. The van der Waals surface area contributed by atoms with Gasteiger partial charge in [0.25, 0.3) is 0 Å². The van der Waals surface area contributed by atoms with Crippen molar-refractivity contribution in [3.63, 3.8) is 0 Å². The second-order valence-corrected chi connectivity index (χ2v) is 14.5. The van der Waals surface area contributed by atoms with E-state index in [1.165, 1.54) is 96.6 Å². The number of benzene rings is 9. The summed E-state index contributed by atoms with van der Waals surface area (Å²) in [6.07, 6.45) is 1.91. The maximum absolute atomic E-state index is 4.91. The molecule has 0 bridgehead atoms. The minimum absolute atomic E-state index is 1.04. The van der Waals surface area contributed by atoms with Crippen LogP contribution in [0.4, 0.5) is 0 Å². The molecule has 0 radical (unpaired) electrons. The standard InChI is InChI=1S/C49H29NS/c1-2-14-40-38(12-1)39-13-3-4-15-41(39)45-29-32(23-24-42(40)45)33-26-34(36-17-7-10-30-21-22-31-11-9-25-50-48(31)47(30)36)28-35(27-33)37-18-8-19-44-43-16-5-6-20-46(43)51-49(37)44/h1-29H. The van der Waals surface area contributed by atoms with Gasteiger partial charge in [0.1, 0.15) is 0 Å².